The molecule has 4 heterocycles. The molecular weight excluding hydrogens is 320 g/mol. The maximum Gasteiger partial charge on any atom is 0.120 e. The molecule has 138 valence electrons. The Balaban J connectivity index is 1.28. The third-order valence-corrected chi connectivity index (χ3v) is 6.83. The summed E-state index contributed by atoms with van der Waals surface area (Å²) in [6, 6.07) is 12.7. The maximum atomic E-state index is 4.44. The molecule has 0 spiro atoms. The topological polar surface area (TPSA) is 35.2 Å². The molecule has 3 aliphatic heterocycles. The molecule has 0 amide bonds. The van der Waals surface area contributed by atoms with Crippen LogP contribution in [-0.4, -0.2) is 51.5 Å². The van der Waals surface area contributed by atoms with Crippen LogP contribution in [0.15, 0.2) is 42.7 Å². The Bertz CT molecular complexity index is 698. The zero-order valence-electron chi connectivity index (χ0n) is 15.6. The lowest BCUT2D eigenvalue weighted by Crippen LogP contribution is -2.61. The Morgan fingerprint density at radius 3 is 2.85 bits per heavy atom. The van der Waals surface area contributed by atoms with Crippen molar-refractivity contribution in [1.29, 1.82) is 0 Å². The number of hydrogen-bond donors (Lipinski definition) is 1. The van der Waals surface area contributed by atoms with Gasteiger partial charge in [-0.25, -0.2) is 4.98 Å². The van der Waals surface area contributed by atoms with Gasteiger partial charge in [0.25, 0.3) is 0 Å². The minimum absolute atomic E-state index is 0.748. The highest BCUT2D eigenvalue weighted by molar-refractivity contribution is 5.16. The third kappa shape index (κ3) is 3.33. The number of rotatable bonds is 4. The van der Waals surface area contributed by atoms with Gasteiger partial charge in [-0.1, -0.05) is 36.8 Å². The van der Waals surface area contributed by atoms with Crippen molar-refractivity contribution < 1.29 is 0 Å². The van der Waals surface area contributed by atoms with Gasteiger partial charge in [0.2, 0.25) is 0 Å². The van der Waals surface area contributed by atoms with Gasteiger partial charge in [0.05, 0.1) is 6.54 Å². The van der Waals surface area contributed by atoms with Gasteiger partial charge in [0.1, 0.15) is 5.82 Å². The molecule has 1 N–H and O–H groups in total. The molecule has 0 aliphatic carbocycles. The summed E-state index contributed by atoms with van der Waals surface area (Å²) in [4.78, 5) is 13.3. The number of benzene rings is 1. The van der Waals surface area contributed by atoms with Gasteiger partial charge in [-0.05, 0) is 43.1 Å². The summed E-state index contributed by atoms with van der Waals surface area (Å²) in [5.41, 5.74) is 1.51. The lowest BCUT2D eigenvalue weighted by Gasteiger charge is -2.55. The molecule has 4 atom stereocenters. The monoisotopic (exact) mass is 350 g/mol. The van der Waals surface area contributed by atoms with Crippen molar-refractivity contribution >= 4 is 0 Å². The molecule has 2 aromatic rings. The lowest BCUT2D eigenvalue weighted by molar-refractivity contribution is -0.0582. The fourth-order valence-corrected chi connectivity index (χ4v) is 5.84. The number of nitrogens with one attached hydrogen (secondary N) is 1. The molecule has 3 fully saturated rings. The van der Waals surface area contributed by atoms with Crippen LogP contribution in [0.1, 0.15) is 37.1 Å². The molecule has 0 saturated carbocycles. The third-order valence-electron chi connectivity index (χ3n) is 6.83. The van der Waals surface area contributed by atoms with E-state index in [1.165, 1.54) is 57.3 Å². The number of nitrogens with zero attached hydrogens (tertiary/aromatic N) is 3. The number of likely N-dealkylation sites (tertiary alicyclic amines) is 1. The van der Waals surface area contributed by atoms with E-state index < -0.39 is 0 Å². The highest BCUT2D eigenvalue weighted by Gasteiger charge is 2.44. The van der Waals surface area contributed by atoms with E-state index in [0.29, 0.717) is 0 Å². The highest BCUT2D eigenvalue weighted by atomic mass is 15.3. The average molecular weight is 351 g/mol. The molecule has 4 heteroatoms. The van der Waals surface area contributed by atoms with Gasteiger partial charge in [0, 0.05) is 44.1 Å². The van der Waals surface area contributed by atoms with E-state index in [-0.39, 0.29) is 0 Å². The molecule has 1 aromatic heterocycles. The van der Waals surface area contributed by atoms with Gasteiger partial charge in [-0.15, -0.1) is 0 Å². The van der Waals surface area contributed by atoms with Crippen molar-refractivity contribution in [3.05, 3.63) is 54.1 Å². The zero-order chi connectivity index (χ0) is 17.3. The first-order chi connectivity index (χ1) is 12.8. The Morgan fingerprint density at radius 1 is 1.08 bits per heavy atom. The molecular formula is C22H30N4. The fraction of sp³-hybridized carbons (Fsp3) is 0.591. The van der Waals surface area contributed by atoms with Crippen LogP contribution in [0, 0.1) is 11.8 Å². The van der Waals surface area contributed by atoms with Crippen molar-refractivity contribution in [2.45, 2.75) is 50.7 Å². The number of hydrogen-bond acceptors (Lipinski definition) is 3. The first-order valence-electron chi connectivity index (χ1n) is 10.4. The summed E-state index contributed by atoms with van der Waals surface area (Å²) in [6.45, 7) is 4.77. The Morgan fingerprint density at radius 2 is 2.00 bits per heavy atom. The van der Waals surface area contributed by atoms with Crippen LogP contribution >= 0.6 is 0 Å². The van der Waals surface area contributed by atoms with Crippen LogP contribution in [-0.2, 0) is 13.0 Å². The molecule has 0 unspecified atom stereocenters. The maximum absolute atomic E-state index is 4.44. The van der Waals surface area contributed by atoms with Gasteiger partial charge in [-0.2, -0.15) is 0 Å². The molecule has 2 bridgehead atoms. The predicted octanol–water partition coefficient (Wildman–Crippen LogP) is 3.33. The minimum atomic E-state index is 0.748. The Kier molecular flexibility index (Phi) is 4.55. The van der Waals surface area contributed by atoms with E-state index in [4.69, 9.17) is 0 Å². The van der Waals surface area contributed by atoms with Crippen LogP contribution in [0.2, 0.25) is 0 Å². The quantitative estimate of drug-likeness (QED) is 0.919. The second-order valence-corrected chi connectivity index (χ2v) is 8.63. The fourth-order valence-electron chi connectivity index (χ4n) is 5.84. The average Bonchev–Trinajstić information content (AvgIpc) is 3.16. The summed E-state index contributed by atoms with van der Waals surface area (Å²) >= 11 is 0. The summed E-state index contributed by atoms with van der Waals surface area (Å²) in [5, 5.41) is 0. The molecule has 3 aliphatic rings. The van der Waals surface area contributed by atoms with Crippen LogP contribution in [0.3, 0.4) is 0 Å². The molecule has 3 saturated heterocycles. The van der Waals surface area contributed by atoms with Crippen molar-refractivity contribution in [2.75, 3.05) is 19.6 Å². The van der Waals surface area contributed by atoms with Crippen molar-refractivity contribution in [3.63, 3.8) is 0 Å². The largest absolute Gasteiger partial charge is 0.348 e. The van der Waals surface area contributed by atoms with Crippen molar-refractivity contribution in [3.8, 4) is 0 Å². The number of aromatic nitrogens is 2. The van der Waals surface area contributed by atoms with Crippen LogP contribution in [0.25, 0.3) is 0 Å². The van der Waals surface area contributed by atoms with E-state index in [0.717, 1.165) is 36.3 Å². The predicted molar refractivity (Wildman–Crippen MR) is 104 cm³/mol. The molecule has 26 heavy (non-hydrogen) atoms. The van der Waals surface area contributed by atoms with Gasteiger partial charge in [-0.3, -0.25) is 9.80 Å². The Labute approximate surface area is 156 Å². The number of H-pyrrole nitrogens is 1. The van der Waals surface area contributed by atoms with E-state index in [2.05, 4.69) is 50.1 Å². The Hall–Kier alpha value is -1.65. The molecule has 4 nitrogen and oxygen atoms in total. The van der Waals surface area contributed by atoms with Crippen LogP contribution in [0.4, 0.5) is 0 Å². The molecule has 5 rings (SSSR count). The highest BCUT2D eigenvalue weighted by Crippen LogP contribution is 2.40. The summed E-state index contributed by atoms with van der Waals surface area (Å²) in [5.74, 6) is 2.79. The normalized spacial score (nSPS) is 32.3. The standard InChI is InChI=1S/C22H30N4/c1-2-5-17(6-3-1)12-20-7-4-8-21-19-11-18(14-26(20)21)13-25(15-19)16-22-23-9-10-24-22/h1-3,5-6,9-10,18-21H,4,7-8,11-16H2,(H,23,24)/t18-,19+,20+,21-/m0/s1. The van der Waals surface area contributed by atoms with Crippen molar-refractivity contribution in [2.24, 2.45) is 11.8 Å². The van der Waals surface area contributed by atoms with Gasteiger partial charge in [0.15, 0.2) is 0 Å². The minimum Gasteiger partial charge on any atom is -0.348 e. The molecule has 0 radical (unpaired) electrons. The number of aromatic amines is 1. The number of piperidine rings is 3. The summed E-state index contributed by atoms with van der Waals surface area (Å²) in [7, 11) is 0. The molecule has 1 aromatic carbocycles. The lowest BCUT2D eigenvalue weighted by atomic mass is 9.74. The van der Waals surface area contributed by atoms with E-state index in [1.54, 1.807) is 0 Å². The summed E-state index contributed by atoms with van der Waals surface area (Å²) < 4.78 is 0. The zero-order valence-corrected chi connectivity index (χ0v) is 15.6. The number of fused-ring (bicyclic) bond motifs is 4. The first kappa shape index (κ1) is 16.5. The smallest absolute Gasteiger partial charge is 0.120 e. The van der Waals surface area contributed by atoms with Crippen molar-refractivity contribution in [1.82, 2.24) is 19.8 Å². The number of imidazole rings is 1. The SMILES string of the molecule is c1ccc(C[C@H]2CCC[C@H]3[C@@H]4C[C@@H](CN(Cc5ncc[nH]5)C4)CN23)cc1. The van der Waals surface area contributed by atoms with E-state index in [1.807, 2.05) is 12.4 Å². The van der Waals surface area contributed by atoms with Crippen LogP contribution in [0.5, 0.6) is 0 Å². The first-order valence-corrected chi connectivity index (χ1v) is 10.4. The van der Waals surface area contributed by atoms with Gasteiger partial charge >= 0.3 is 0 Å². The van der Waals surface area contributed by atoms with Crippen LogP contribution < -0.4 is 0 Å². The second-order valence-electron chi connectivity index (χ2n) is 8.63. The van der Waals surface area contributed by atoms with E-state index in [9.17, 15) is 0 Å². The summed E-state index contributed by atoms with van der Waals surface area (Å²) in [6.07, 6.45) is 10.7. The second kappa shape index (κ2) is 7.16. The van der Waals surface area contributed by atoms with E-state index >= 15 is 0 Å². The van der Waals surface area contributed by atoms with Gasteiger partial charge < -0.3 is 4.98 Å².